The van der Waals surface area contributed by atoms with Gasteiger partial charge in [0.05, 0.1) is 0 Å². The molecule has 2 aromatic carbocycles. The van der Waals surface area contributed by atoms with E-state index in [1.54, 1.807) is 13.0 Å². The predicted molar refractivity (Wildman–Crippen MR) is 79.7 cm³/mol. The Morgan fingerprint density at radius 2 is 1.50 bits per heavy atom. The van der Waals surface area contributed by atoms with Crippen LogP contribution in [0.25, 0.3) is 0 Å². The quantitative estimate of drug-likeness (QED) is 0.725. The van der Waals surface area contributed by atoms with Gasteiger partial charge in [-0.2, -0.15) is 0 Å². The zero-order chi connectivity index (χ0) is 14.9. The summed E-state index contributed by atoms with van der Waals surface area (Å²) >= 11 is 0. The van der Waals surface area contributed by atoms with E-state index in [1.807, 2.05) is 24.3 Å². The third-order valence-electron chi connectivity index (χ3n) is 3.43. The van der Waals surface area contributed by atoms with E-state index in [1.165, 1.54) is 17.7 Å². The fourth-order valence-corrected chi connectivity index (χ4v) is 2.07. The number of aryl methyl sites for hydroxylation is 1. The van der Waals surface area contributed by atoms with E-state index in [4.69, 9.17) is 0 Å². The molecule has 0 N–H and O–H groups in total. The van der Waals surface area contributed by atoms with Gasteiger partial charge in [-0.1, -0.05) is 45.0 Å². The van der Waals surface area contributed by atoms with Crippen molar-refractivity contribution in [3.63, 3.8) is 0 Å². The van der Waals surface area contributed by atoms with Gasteiger partial charge in [0, 0.05) is 11.1 Å². The molecule has 2 rings (SSSR count). The second kappa shape index (κ2) is 5.20. The van der Waals surface area contributed by atoms with Gasteiger partial charge in [0.1, 0.15) is 5.82 Å². The van der Waals surface area contributed by atoms with E-state index in [9.17, 15) is 9.18 Å². The number of benzene rings is 2. The molecule has 0 bridgehead atoms. The first-order valence-electron chi connectivity index (χ1n) is 6.70. The lowest BCUT2D eigenvalue weighted by Gasteiger charge is -2.19. The van der Waals surface area contributed by atoms with Gasteiger partial charge in [-0.05, 0) is 41.7 Å². The van der Waals surface area contributed by atoms with Crippen LogP contribution in [0.1, 0.15) is 47.8 Å². The minimum atomic E-state index is -0.287. The van der Waals surface area contributed by atoms with Crippen LogP contribution in [0.15, 0.2) is 42.5 Å². The molecule has 0 aliphatic heterocycles. The van der Waals surface area contributed by atoms with Crippen LogP contribution in [0.3, 0.4) is 0 Å². The second-order valence-electron chi connectivity index (χ2n) is 6.12. The van der Waals surface area contributed by atoms with Crippen molar-refractivity contribution in [2.45, 2.75) is 33.1 Å². The molecule has 0 aliphatic rings. The van der Waals surface area contributed by atoms with Crippen LogP contribution in [0.4, 0.5) is 4.39 Å². The maximum atomic E-state index is 13.2. The topological polar surface area (TPSA) is 17.1 Å². The monoisotopic (exact) mass is 270 g/mol. The molecule has 1 nitrogen and oxygen atoms in total. The molecular weight excluding hydrogens is 251 g/mol. The van der Waals surface area contributed by atoms with Crippen LogP contribution >= 0.6 is 0 Å². The number of hydrogen-bond donors (Lipinski definition) is 0. The van der Waals surface area contributed by atoms with Crippen molar-refractivity contribution in [3.05, 3.63) is 70.5 Å². The Labute approximate surface area is 119 Å². The summed E-state index contributed by atoms with van der Waals surface area (Å²) in [7, 11) is 0. The minimum absolute atomic E-state index is 0.0635. The molecular formula is C18H19FO. The summed E-state index contributed by atoms with van der Waals surface area (Å²) in [6.45, 7) is 8.06. The van der Waals surface area contributed by atoms with E-state index in [-0.39, 0.29) is 17.0 Å². The number of ketones is 1. The van der Waals surface area contributed by atoms with Gasteiger partial charge >= 0.3 is 0 Å². The highest BCUT2D eigenvalue weighted by Crippen LogP contribution is 2.23. The number of rotatable bonds is 2. The van der Waals surface area contributed by atoms with Gasteiger partial charge in [0.15, 0.2) is 5.78 Å². The van der Waals surface area contributed by atoms with Crippen molar-refractivity contribution < 1.29 is 9.18 Å². The normalized spacial score (nSPS) is 11.4. The Balaban J connectivity index is 2.31. The van der Waals surface area contributed by atoms with E-state index in [0.29, 0.717) is 16.7 Å². The zero-order valence-electron chi connectivity index (χ0n) is 12.3. The molecule has 0 atom stereocenters. The van der Waals surface area contributed by atoms with Gasteiger partial charge < -0.3 is 0 Å². The van der Waals surface area contributed by atoms with E-state index in [0.717, 1.165) is 0 Å². The van der Waals surface area contributed by atoms with Gasteiger partial charge in [-0.15, -0.1) is 0 Å². The molecule has 0 amide bonds. The van der Waals surface area contributed by atoms with Crippen LogP contribution in [0.5, 0.6) is 0 Å². The molecule has 0 saturated carbocycles. The summed E-state index contributed by atoms with van der Waals surface area (Å²) in [4.78, 5) is 12.3. The molecule has 0 unspecified atom stereocenters. The van der Waals surface area contributed by atoms with Crippen LogP contribution in [-0.4, -0.2) is 5.78 Å². The Kier molecular flexibility index (Phi) is 3.76. The third-order valence-corrected chi connectivity index (χ3v) is 3.43. The Morgan fingerprint density at radius 3 is 2.00 bits per heavy atom. The predicted octanol–water partition coefficient (Wildman–Crippen LogP) is 4.66. The third kappa shape index (κ3) is 2.96. The summed E-state index contributed by atoms with van der Waals surface area (Å²) in [5.41, 5.74) is 2.89. The zero-order valence-corrected chi connectivity index (χ0v) is 12.3. The average molecular weight is 270 g/mol. The molecule has 20 heavy (non-hydrogen) atoms. The van der Waals surface area contributed by atoms with E-state index in [2.05, 4.69) is 20.8 Å². The Hall–Kier alpha value is -1.96. The van der Waals surface area contributed by atoms with Crippen molar-refractivity contribution in [2.24, 2.45) is 0 Å². The number of carbonyl (C=O) groups excluding carboxylic acids is 1. The molecule has 0 aromatic heterocycles. The highest BCUT2D eigenvalue weighted by Gasteiger charge is 2.15. The maximum absolute atomic E-state index is 13.2. The van der Waals surface area contributed by atoms with Gasteiger partial charge in [0.25, 0.3) is 0 Å². The van der Waals surface area contributed by atoms with Crippen LogP contribution in [0, 0.1) is 12.7 Å². The summed E-state index contributed by atoms with van der Waals surface area (Å²) in [6.07, 6.45) is 0. The number of halogens is 1. The van der Waals surface area contributed by atoms with Crippen molar-refractivity contribution in [1.82, 2.24) is 0 Å². The summed E-state index contributed by atoms with van der Waals surface area (Å²) in [5.74, 6) is -0.363. The first-order chi connectivity index (χ1) is 9.29. The molecule has 0 heterocycles. The average Bonchev–Trinajstić information content (AvgIpc) is 2.40. The Morgan fingerprint density at radius 1 is 0.950 bits per heavy atom. The van der Waals surface area contributed by atoms with Gasteiger partial charge in [0.2, 0.25) is 0 Å². The van der Waals surface area contributed by atoms with Gasteiger partial charge in [-0.25, -0.2) is 4.39 Å². The number of carbonyl (C=O) groups is 1. The van der Waals surface area contributed by atoms with Crippen LogP contribution in [-0.2, 0) is 5.41 Å². The summed E-state index contributed by atoms with van der Waals surface area (Å²) in [6, 6.07) is 12.1. The van der Waals surface area contributed by atoms with Gasteiger partial charge in [-0.3, -0.25) is 4.79 Å². The fourth-order valence-electron chi connectivity index (χ4n) is 2.07. The van der Waals surface area contributed by atoms with Crippen LogP contribution < -0.4 is 0 Å². The standard InChI is InChI=1S/C18H19FO/c1-12-11-14(7-10-16(12)19)17(20)13-5-8-15(9-6-13)18(2,3)4/h5-11H,1-4H3. The fraction of sp³-hybridized carbons (Fsp3) is 0.278. The SMILES string of the molecule is Cc1cc(C(=O)c2ccc(C(C)(C)C)cc2)ccc1F. The molecule has 0 aliphatic carbocycles. The molecule has 2 aromatic rings. The number of hydrogen-bond acceptors (Lipinski definition) is 1. The van der Waals surface area contributed by atoms with Crippen LogP contribution in [0.2, 0.25) is 0 Å². The highest BCUT2D eigenvalue weighted by atomic mass is 19.1. The minimum Gasteiger partial charge on any atom is -0.289 e. The molecule has 0 fully saturated rings. The Bertz CT molecular complexity index is 633. The largest absolute Gasteiger partial charge is 0.289 e. The van der Waals surface area contributed by atoms with Crippen molar-refractivity contribution in [1.29, 1.82) is 0 Å². The van der Waals surface area contributed by atoms with Crippen molar-refractivity contribution in [3.8, 4) is 0 Å². The van der Waals surface area contributed by atoms with E-state index < -0.39 is 0 Å². The van der Waals surface area contributed by atoms with E-state index >= 15 is 0 Å². The highest BCUT2D eigenvalue weighted by molar-refractivity contribution is 6.09. The lowest BCUT2D eigenvalue weighted by atomic mass is 9.86. The van der Waals surface area contributed by atoms with Crippen molar-refractivity contribution >= 4 is 5.78 Å². The first-order valence-corrected chi connectivity index (χ1v) is 6.70. The smallest absolute Gasteiger partial charge is 0.193 e. The molecule has 104 valence electrons. The molecule has 0 radical (unpaired) electrons. The maximum Gasteiger partial charge on any atom is 0.193 e. The molecule has 2 heteroatoms. The molecule has 0 spiro atoms. The summed E-state index contributed by atoms with van der Waals surface area (Å²) < 4.78 is 13.2. The van der Waals surface area contributed by atoms with Crippen molar-refractivity contribution in [2.75, 3.05) is 0 Å². The lowest BCUT2D eigenvalue weighted by molar-refractivity contribution is 0.103. The first kappa shape index (κ1) is 14.4. The second-order valence-corrected chi connectivity index (χ2v) is 6.12. The molecule has 0 saturated heterocycles. The lowest BCUT2D eigenvalue weighted by Crippen LogP contribution is -2.11. The summed E-state index contributed by atoms with van der Waals surface area (Å²) in [5, 5.41) is 0.